The predicted octanol–water partition coefficient (Wildman–Crippen LogP) is 2.04. The van der Waals surface area contributed by atoms with Crippen LogP contribution in [0.1, 0.15) is 20.7 Å². The highest BCUT2D eigenvalue weighted by Gasteiger charge is 2.33. The van der Waals surface area contributed by atoms with Gasteiger partial charge in [0, 0.05) is 22.3 Å². The largest absolute Gasteiger partial charge is 0.504 e. The van der Waals surface area contributed by atoms with Crippen molar-refractivity contribution in [1.29, 1.82) is 0 Å². The zero-order valence-electron chi connectivity index (χ0n) is 13.1. The number of carbonyl (C=O) groups excluding carboxylic acids is 2. The summed E-state index contributed by atoms with van der Waals surface area (Å²) in [6.07, 6.45) is 0.610. The Morgan fingerprint density at radius 2 is 1.84 bits per heavy atom. The van der Waals surface area contributed by atoms with Gasteiger partial charge in [0.25, 0.3) is 5.91 Å². The Bertz CT molecular complexity index is 1110. The molecule has 124 valence electrons. The highest BCUT2D eigenvalue weighted by atomic mass is 16.5. The number of aromatic hydroxyl groups is 1. The maximum Gasteiger partial charge on any atom is 0.333 e. The summed E-state index contributed by atoms with van der Waals surface area (Å²) in [5.74, 6) is -0.566. The van der Waals surface area contributed by atoms with Crippen molar-refractivity contribution in [2.45, 2.75) is 0 Å². The van der Waals surface area contributed by atoms with E-state index in [1.807, 2.05) is 0 Å². The van der Waals surface area contributed by atoms with Crippen molar-refractivity contribution < 1.29 is 19.4 Å². The van der Waals surface area contributed by atoms with Gasteiger partial charge in [-0.05, 0) is 18.2 Å². The summed E-state index contributed by atoms with van der Waals surface area (Å²) in [6, 6.07) is 9.65. The number of H-pyrrole nitrogens is 1. The van der Waals surface area contributed by atoms with Crippen LogP contribution < -0.4 is 10.4 Å². The van der Waals surface area contributed by atoms with Crippen molar-refractivity contribution in [2.75, 3.05) is 7.11 Å². The van der Waals surface area contributed by atoms with E-state index in [0.29, 0.717) is 23.1 Å². The zero-order valence-corrected chi connectivity index (χ0v) is 13.1. The summed E-state index contributed by atoms with van der Waals surface area (Å²) in [4.78, 5) is 38.6. The fourth-order valence-electron chi connectivity index (χ4n) is 3.12. The van der Waals surface area contributed by atoms with Crippen LogP contribution in [-0.4, -0.2) is 34.0 Å². The minimum Gasteiger partial charge on any atom is -0.504 e. The summed E-state index contributed by atoms with van der Waals surface area (Å²) in [6.45, 7) is 0. The minimum absolute atomic E-state index is 0.0954. The molecule has 1 aliphatic rings. The number of aromatic nitrogens is 2. The van der Waals surface area contributed by atoms with E-state index >= 15 is 0 Å². The molecular weight excluding hydrogens is 324 g/mol. The van der Waals surface area contributed by atoms with Crippen LogP contribution in [0.2, 0.25) is 0 Å². The van der Waals surface area contributed by atoms with E-state index < -0.39 is 11.6 Å². The average molecular weight is 336 g/mol. The van der Waals surface area contributed by atoms with Gasteiger partial charge in [-0.2, -0.15) is 0 Å². The second-order valence-electron chi connectivity index (χ2n) is 5.58. The molecule has 25 heavy (non-hydrogen) atoms. The van der Waals surface area contributed by atoms with Crippen LogP contribution in [0.5, 0.6) is 11.5 Å². The molecule has 1 aromatic heterocycles. The number of fused-ring (bicyclic) bond motifs is 3. The van der Waals surface area contributed by atoms with E-state index in [4.69, 9.17) is 4.74 Å². The molecule has 0 saturated heterocycles. The lowest BCUT2D eigenvalue weighted by Crippen LogP contribution is -2.21. The first-order valence-electron chi connectivity index (χ1n) is 7.42. The monoisotopic (exact) mass is 336 g/mol. The van der Waals surface area contributed by atoms with Gasteiger partial charge in [0.1, 0.15) is 6.29 Å². The van der Waals surface area contributed by atoms with Crippen molar-refractivity contribution >= 4 is 12.2 Å². The van der Waals surface area contributed by atoms with Gasteiger partial charge in [0.2, 0.25) is 0 Å². The number of nitrogens with zero attached hydrogens (tertiary/aromatic N) is 1. The number of aldehydes is 1. The summed E-state index contributed by atoms with van der Waals surface area (Å²) in [5.41, 5.74) is 1.45. The molecule has 0 atom stereocenters. The molecule has 0 fully saturated rings. The Labute approximate surface area is 141 Å². The predicted molar refractivity (Wildman–Crippen MR) is 89.3 cm³/mol. The van der Waals surface area contributed by atoms with Crippen LogP contribution in [0.15, 0.2) is 41.2 Å². The van der Waals surface area contributed by atoms with E-state index in [2.05, 4.69) is 4.98 Å². The number of rotatable bonds is 3. The summed E-state index contributed by atoms with van der Waals surface area (Å²) < 4.78 is 6.12. The fraction of sp³-hybridized carbons (Fsp3) is 0.0556. The third kappa shape index (κ3) is 1.96. The number of phenols is 1. The number of carbonyl (C=O) groups is 2. The molecule has 0 bridgehead atoms. The first-order valence-corrected chi connectivity index (χ1v) is 7.42. The first-order chi connectivity index (χ1) is 12.1. The van der Waals surface area contributed by atoms with Gasteiger partial charge in [0.15, 0.2) is 11.5 Å². The highest BCUT2D eigenvalue weighted by Crippen LogP contribution is 2.43. The molecule has 4 rings (SSSR count). The second-order valence-corrected chi connectivity index (χ2v) is 5.58. The molecule has 7 nitrogen and oxygen atoms in total. The lowest BCUT2D eigenvalue weighted by Gasteiger charge is -2.10. The van der Waals surface area contributed by atoms with E-state index in [1.54, 1.807) is 24.3 Å². The first kappa shape index (κ1) is 14.9. The van der Waals surface area contributed by atoms with Gasteiger partial charge in [-0.15, -0.1) is 0 Å². The van der Waals surface area contributed by atoms with Crippen LogP contribution in [0.25, 0.3) is 22.5 Å². The average Bonchev–Trinajstić information content (AvgIpc) is 3.12. The summed E-state index contributed by atoms with van der Waals surface area (Å²) in [5, 5.41) is 10.5. The molecule has 0 radical (unpaired) electrons. The third-order valence-corrected chi connectivity index (χ3v) is 4.23. The van der Waals surface area contributed by atoms with Gasteiger partial charge < -0.3 is 14.8 Å². The lowest BCUT2D eigenvalue weighted by atomic mass is 10.0. The Morgan fingerprint density at radius 3 is 2.52 bits per heavy atom. The lowest BCUT2D eigenvalue weighted by molar-refractivity contribution is 0.0965. The number of nitrogens with one attached hydrogen (secondary N) is 1. The smallest absolute Gasteiger partial charge is 0.333 e. The molecule has 0 spiro atoms. The summed E-state index contributed by atoms with van der Waals surface area (Å²) in [7, 11) is 1.36. The van der Waals surface area contributed by atoms with Gasteiger partial charge >= 0.3 is 5.69 Å². The van der Waals surface area contributed by atoms with Gasteiger partial charge in [0.05, 0.1) is 18.5 Å². The van der Waals surface area contributed by atoms with Crippen molar-refractivity contribution in [2.24, 2.45) is 0 Å². The summed E-state index contributed by atoms with van der Waals surface area (Å²) >= 11 is 0. The van der Waals surface area contributed by atoms with Crippen molar-refractivity contribution in [3.05, 3.63) is 58.0 Å². The van der Waals surface area contributed by atoms with Crippen LogP contribution in [0.3, 0.4) is 0 Å². The molecule has 0 unspecified atom stereocenters. The zero-order chi connectivity index (χ0) is 17.7. The second kappa shape index (κ2) is 5.20. The van der Waals surface area contributed by atoms with E-state index in [-0.39, 0.29) is 28.3 Å². The number of benzene rings is 2. The van der Waals surface area contributed by atoms with Crippen molar-refractivity contribution in [3.8, 4) is 34.0 Å². The topological polar surface area (TPSA) is 101 Å². The SMILES string of the molecule is COc1cc(C=O)cc(-c2[nH]c(=O)n3c2-c2ccccc2C3=O)c1O. The highest BCUT2D eigenvalue weighted by molar-refractivity contribution is 6.11. The molecule has 2 N–H and O–H groups in total. The molecule has 0 amide bonds. The number of ether oxygens (including phenoxy) is 1. The Morgan fingerprint density at radius 1 is 1.12 bits per heavy atom. The maximum absolute atomic E-state index is 12.5. The standard InChI is InChI=1S/C18H12N2O5/c1-25-13-7-9(8-21)6-12(16(13)22)14-15-10-4-2-3-5-11(10)17(23)20(15)18(24)19-14/h2-8,22H,1H3,(H,19,24). The molecule has 1 aliphatic heterocycles. The Balaban J connectivity index is 2.08. The van der Waals surface area contributed by atoms with Gasteiger partial charge in [-0.1, -0.05) is 18.2 Å². The Hall–Kier alpha value is -3.61. The number of aromatic amines is 1. The molecule has 2 heterocycles. The fourth-order valence-corrected chi connectivity index (χ4v) is 3.12. The van der Waals surface area contributed by atoms with E-state index in [0.717, 1.165) is 4.57 Å². The molecule has 0 saturated carbocycles. The van der Waals surface area contributed by atoms with Crippen LogP contribution in [-0.2, 0) is 0 Å². The molecule has 0 aliphatic carbocycles. The molecule has 3 aromatic rings. The van der Waals surface area contributed by atoms with Crippen molar-refractivity contribution in [1.82, 2.24) is 9.55 Å². The van der Waals surface area contributed by atoms with Crippen LogP contribution >= 0.6 is 0 Å². The van der Waals surface area contributed by atoms with Crippen molar-refractivity contribution in [3.63, 3.8) is 0 Å². The number of methoxy groups -OCH3 is 1. The molecule has 7 heteroatoms. The number of imidazole rings is 1. The maximum atomic E-state index is 12.5. The normalized spacial score (nSPS) is 12.0. The third-order valence-electron chi connectivity index (χ3n) is 4.23. The minimum atomic E-state index is -0.610. The molecule has 2 aromatic carbocycles. The number of hydrogen-bond acceptors (Lipinski definition) is 5. The van der Waals surface area contributed by atoms with Crippen LogP contribution in [0.4, 0.5) is 0 Å². The number of hydrogen-bond donors (Lipinski definition) is 2. The molecular formula is C18H12N2O5. The van der Waals surface area contributed by atoms with Crippen LogP contribution in [0, 0.1) is 0 Å². The number of phenolic OH excluding ortho intramolecular Hbond substituents is 1. The van der Waals surface area contributed by atoms with E-state index in [9.17, 15) is 19.5 Å². The van der Waals surface area contributed by atoms with Gasteiger partial charge in [-0.25, -0.2) is 9.36 Å². The quantitative estimate of drug-likeness (QED) is 0.558. The van der Waals surface area contributed by atoms with Gasteiger partial charge in [-0.3, -0.25) is 9.59 Å². The van der Waals surface area contributed by atoms with E-state index in [1.165, 1.54) is 19.2 Å². The Kier molecular flexibility index (Phi) is 3.11.